The zero-order valence-electron chi connectivity index (χ0n) is 12.8. The van der Waals surface area contributed by atoms with Crippen LogP contribution in [0.25, 0.3) is 10.1 Å². The molecule has 1 aromatic heterocycles. The number of carbonyl (C=O) groups excluding carboxylic acids is 1. The highest BCUT2D eigenvalue weighted by Gasteiger charge is 2.09. The van der Waals surface area contributed by atoms with Crippen molar-refractivity contribution in [2.45, 2.75) is 26.3 Å². The Balaban J connectivity index is 1.66. The number of benzene rings is 2. The Morgan fingerprint density at radius 3 is 2.50 bits per heavy atom. The predicted molar refractivity (Wildman–Crippen MR) is 93.5 cm³/mol. The first-order valence-electron chi connectivity index (χ1n) is 7.49. The average Bonchev–Trinajstić information content (AvgIpc) is 2.97. The standard InChI is InChI=1S/C19H19NOS/c1-13(2)15-9-7-14(8-10-15)12-20-19(21)18-11-16-5-3-4-6-17(16)22-18/h3-11,13H,12H2,1-2H3,(H,20,21). The molecule has 3 aromatic rings. The van der Waals surface area contributed by atoms with E-state index in [-0.39, 0.29) is 5.91 Å². The van der Waals surface area contributed by atoms with Gasteiger partial charge in [0.2, 0.25) is 0 Å². The molecular weight excluding hydrogens is 290 g/mol. The van der Waals surface area contributed by atoms with Crippen LogP contribution in [0.5, 0.6) is 0 Å². The molecule has 0 saturated carbocycles. The van der Waals surface area contributed by atoms with E-state index in [4.69, 9.17) is 0 Å². The van der Waals surface area contributed by atoms with E-state index in [0.29, 0.717) is 12.5 Å². The molecule has 0 fully saturated rings. The van der Waals surface area contributed by atoms with Crippen molar-refractivity contribution < 1.29 is 4.79 Å². The normalized spacial score (nSPS) is 11.0. The first-order valence-corrected chi connectivity index (χ1v) is 8.31. The maximum absolute atomic E-state index is 12.3. The van der Waals surface area contributed by atoms with Crippen LogP contribution in [0.3, 0.4) is 0 Å². The fourth-order valence-corrected chi connectivity index (χ4v) is 3.36. The molecule has 1 heterocycles. The first kappa shape index (κ1) is 14.8. The van der Waals surface area contributed by atoms with Gasteiger partial charge in [-0.2, -0.15) is 0 Å². The highest BCUT2D eigenvalue weighted by molar-refractivity contribution is 7.20. The molecule has 3 heteroatoms. The van der Waals surface area contributed by atoms with Crippen LogP contribution in [0.1, 0.15) is 40.6 Å². The molecule has 0 aliphatic carbocycles. The summed E-state index contributed by atoms with van der Waals surface area (Å²) in [6.07, 6.45) is 0. The number of nitrogens with one attached hydrogen (secondary N) is 1. The van der Waals surface area contributed by atoms with Crippen LogP contribution in [0, 0.1) is 0 Å². The van der Waals surface area contributed by atoms with E-state index in [2.05, 4.69) is 43.4 Å². The average molecular weight is 309 g/mol. The third-order valence-electron chi connectivity index (χ3n) is 3.75. The predicted octanol–water partition coefficient (Wildman–Crippen LogP) is 4.95. The van der Waals surface area contributed by atoms with Gasteiger partial charge >= 0.3 is 0 Å². The second-order valence-corrected chi connectivity index (χ2v) is 6.81. The molecule has 112 valence electrons. The lowest BCUT2D eigenvalue weighted by Gasteiger charge is -2.07. The number of hydrogen-bond acceptors (Lipinski definition) is 2. The third kappa shape index (κ3) is 3.20. The number of thiophene rings is 1. The van der Waals surface area contributed by atoms with Crippen LogP contribution >= 0.6 is 11.3 Å². The van der Waals surface area contributed by atoms with Crippen LogP contribution in [-0.4, -0.2) is 5.91 Å². The van der Waals surface area contributed by atoms with Crippen LogP contribution in [0.15, 0.2) is 54.6 Å². The summed E-state index contributed by atoms with van der Waals surface area (Å²) in [6, 6.07) is 18.5. The van der Waals surface area contributed by atoms with Crippen molar-refractivity contribution >= 4 is 27.3 Å². The Hall–Kier alpha value is -2.13. The summed E-state index contributed by atoms with van der Waals surface area (Å²) in [5.41, 5.74) is 2.44. The second kappa shape index (κ2) is 6.32. The van der Waals surface area contributed by atoms with Crippen molar-refractivity contribution in [3.63, 3.8) is 0 Å². The van der Waals surface area contributed by atoms with Gasteiger partial charge in [0, 0.05) is 11.2 Å². The minimum atomic E-state index is -0.00543. The van der Waals surface area contributed by atoms with Crippen LogP contribution in [0.4, 0.5) is 0 Å². The van der Waals surface area contributed by atoms with Gasteiger partial charge in [0.1, 0.15) is 0 Å². The number of carbonyl (C=O) groups is 1. The summed E-state index contributed by atoms with van der Waals surface area (Å²) in [6.45, 7) is 4.92. The third-order valence-corrected chi connectivity index (χ3v) is 4.86. The van der Waals surface area contributed by atoms with Crippen LogP contribution in [0.2, 0.25) is 0 Å². The molecule has 0 unspecified atom stereocenters. The van der Waals surface area contributed by atoms with Gasteiger partial charge in [-0.05, 0) is 34.6 Å². The Morgan fingerprint density at radius 2 is 1.82 bits per heavy atom. The zero-order valence-corrected chi connectivity index (χ0v) is 13.6. The van der Waals surface area contributed by atoms with Gasteiger partial charge in [-0.15, -0.1) is 11.3 Å². The summed E-state index contributed by atoms with van der Waals surface area (Å²) in [4.78, 5) is 13.0. The Morgan fingerprint density at radius 1 is 1.09 bits per heavy atom. The number of fused-ring (bicyclic) bond motifs is 1. The van der Waals surface area contributed by atoms with E-state index >= 15 is 0 Å². The smallest absolute Gasteiger partial charge is 0.261 e. The summed E-state index contributed by atoms with van der Waals surface area (Å²) < 4.78 is 1.15. The molecule has 2 aromatic carbocycles. The zero-order chi connectivity index (χ0) is 15.5. The Bertz CT molecular complexity index is 754. The molecule has 0 saturated heterocycles. The molecule has 0 aliphatic rings. The largest absolute Gasteiger partial charge is 0.347 e. The lowest BCUT2D eigenvalue weighted by Crippen LogP contribution is -2.21. The molecule has 0 atom stereocenters. The molecule has 2 nitrogen and oxygen atoms in total. The molecule has 1 amide bonds. The topological polar surface area (TPSA) is 29.1 Å². The lowest BCUT2D eigenvalue weighted by atomic mass is 10.0. The highest BCUT2D eigenvalue weighted by atomic mass is 32.1. The summed E-state index contributed by atoms with van der Waals surface area (Å²) in [5, 5.41) is 4.12. The molecule has 0 aliphatic heterocycles. The van der Waals surface area contributed by atoms with Crippen molar-refractivity contribution in [1.82, 2.24) is 5.32 Å². The van der Waals surface area contributed by atoms with Crippen LogP contribution in [-0.2, 0) is 6.54 Å². The molecule has 0 spiro atoms. The van der Waals surface area contributed by atoms with Gasteiger partial charge in [-0.25, -0.2) is 0 Å². The van der Waals surface area contributed by atoms with Gasteiger partial charge in [0.15, 0.2) is 0 Å². The van der Waals surface area contributed by atoms with Gasteiger partial charge in [0.25, 0.3) is 5.91 Å². The van der Waals surface area contributed by atoms with E-state index in [1.54, 1.807) is 0 Å². The molecule has 3 rings (SSSR count). The first-order chi connectivity index (χ1) is 10.6. The lowest BCUT2D eigenvalue weighted by molar-refractivity contribution is 0.0955. The Kier molecular flexibility index (Phi) is 4.25. The van der Waals surface area contributed by atoms with E-state index in [0.717, 1.165) is 20.5 Å². The maximum Gasteiger partial charge on any atom is 0.261 e. The van der Waals surface area contributed by atoms with Crippen molar-refractivity contribution in [3.8, 4) is 0 Å². The van der Waals surface area contributed by atoms with Crippen molar-refractivity contribution in [2.24, 2.45) is 0 Å². The monoisotopic (exact) mass is 309 g/mol. The van der Waals surface area contributed by atoms with Gasteiger partial charge in [-0.3, -0.25) is 4.79 Å². The highest BCUT2D eigenvalue weighted by Crippen LogP contribution is 2.25. The second-order valence-electron chi connectivity index (χ2n) is 5.73. The SMILES string of the molecule is CC(C)c1ccc(CNC(=O)c2cc3ccccc3s2)cc1. The molecule has 1 N–H and O–H groups in total. The number of amides is 1. The maximum atomic E-state index is 12.3. The number of hydrogen-bond donors (Lipinski definition) is 1. The summed E-state index contributed by atoms with van der Waals surface area (Å²) in [7, 11) is 0. The quantitative estimate of drug-likeness (QED) is 0.725. The van der Waals surface area contributed by atoms with Gasteiger partial charge in [-0.1, -0.05) is 56.3 Å². The van der Waals surface area contributed by atoms with Gasteiger partial charge in [0.05, 0.1) is 4.88 Å². The minimum absolute atomic E-state index is 0.00543. The molecule has 22 heavy (non-hydrogen) atoms. The van der Waals surface area contributed by atoms with Gasteiger partial charge < -0.3 is 5.32 Å². The van der Waals surface area contributed by atoms with Crippen LogP contribution < -0.4 is 5.32 Å². The van der Waals surface area contributed by atoms with Crippen molar-refractivity contribution in [2.75, 3.05) is 0 Å². The van der Waals surface area contributed by atoms with Crippen molar-refractivity contribution in [3.05, 3.63) is 70.6 Å². The fourth-order valence-electron chi connectivity index (χ4n) is 2.38. The van der Waals surface area contributed by atoms with Crippen molar-refractivity contribution in [1.29, 1.82) is 0 Å². The van der Waals surface area contributed by atoms with E-state index in [1.165, 1.54) is 16.9 Å². The summed E-state index contributed by atoms with van der Waals surface area (Å²) in [5.74, 6) is 0.524. The van der Waals surface area contributed by atoms with E-state index in [1.807, 2.05) is 30.3 Å². The summed E-state index contributed by atoms with van der Waals surface area (Å²) >= 11 is 1.53. The number of rotatable bonds is 4. The Labute approximate surface area is 134 Å². The van der Waals surface area contributed by atoms with E-state index in [9.17, 15) is 4.79 Å². The molecular formula is C19H19NOS. The van der Waals surface area contributed by atoms with E-state index < -0.39 is 0 Å². The molecule has 0 radical (unpaired) electrons. The fraction of sp³-hybridized carbons (Fsp3) is 0.211. The minimum Gasteiger partial charge on any atom is -0.347 e. The molecule has 0 bridgehead atoms.